The van der Waals surface area contributed by atoms with E-state index < -0.39 is 0 Å². The van der Waals surface area contributed by atoms with Crippen LogP contribution in [-0.2, 0) is 6.54 Å². The quantitative estimate of drug-likeness (QED) is 0.401. The third-order valence-electron chi connectivity index (χ3n) is 3.82. The van der Waals surface area contributed by atoms with Gasteiger partial charge in [-0.1, -0.05) is 0 Å². The van der Waals surface area contributed by atoms with Gasteiger partial charge in [0.15, 0.2) is 5.96 Å². The predicted octanol–water partition coefficient (Wildman–Crippen LogP) is 1.18. The van der Waals surface area contributed by atoms with Crippen LogP contribution in [0.4, 0.5) is 0 Å². The molecule has 0 amide bonds. The highest BCUT2D eigenvalue weighted by Gasteiger charge is 2.15. The van der Waals surface area contributed by atoms with Gasteiger partial charge in [0.25, 0.3) is 0 Å². The molecule has 1 fully saturated rings. The maximum atomic E-state index is 9.50. The fraction of sp³-hybridized carbons (Fsp3) is 0.688. The van der Waals surface area contributed by atoms with Gasteiger partial charge < -0.3 is 25.1 Å². The summed E-state index contributed by atoms with van der Waals surface area (Å²) >= 11 is 0. The van der Waals surface area contributed by atoms with Crippen LogP contribution in [0.2, 0.25) is 0 Å². The molecule has 0 radical (unpaired) electrons. The normalized spacial score (nSPS) is 17.6. The molecular weight excluding hydrogens is 280 g/mol. The highest BCUT2D eigenvalue weighted by Crippen LogP contribution is 2.09. The van der Waals surface area contributed by atoms with Crippen LogP contribution in [0, 0.1) is 0 Å². The van der Waals surface area contributed by atoms with Crippen molar-refractivity contribution in [3.63, 3.8) is 0 Å². The van der Waals surface area contributed by atoms with Crippen molar-refractivity contribution in [2.24, 2.45) is 4.99 Å². The number of nitrogens with one attached hydrogen (secondary N) is 2. The van der Waals surface area contributed by atoms with Crippen LogP contribution in [0.3, 0.4) is 0 Å². The summed E-state index contributed by atoms with van der Waals surface area (Å²) in [5.41, 5.74) is 0. The fourth-order valence-corrected chi connectivity index (χ4v) is 2.55. The van der Waals surface area contributed by atoms with Crippen molar-refractivity contribution >= 4 is 5.96 Å². The average Bonchev–Trinajstić information content (AvgIpc) is 3.04. The number of furan rings is 1. The number of hydrogen-bond donors (Lipinski definition) is 3. The van der Waals surface area contributed by atoms with E-state index in [0.717, 1.165) is 63.7 Å². The molecule has 0 unspecified atom stereocenters. The molecule has 0 spiro atoms. The topological polar surface area (TPSA) is 73.0 Å². The molecule has 6 nitrogen and oxygen atoms in total. The molecule has 3 N–H and O–H groups in total. The van der Waals surface area contributed by atoms with Gasteiger partial charge >= 0.3 is 0 Å². The molecule has 22 heavy (non-hydrogen) atoms. The first-order valence-corrected chi connectivity index (χ1v) is 8.23. The molecule has 1 aliphatic rings. The molecule has 2 heterocycles. The second kappa shape index (κ2) is 9.48. The standard InChI is InChI=1S/C16H28N4O2/c1-2-17-16(19-13-15-5-3-12-22-15)18-8-4-9-20-10-6-14(21)7-11-20/h3,5,12,14,21H,2,4,6-11,13H2,1H3,(H2,17,18,19). The number of likely N-dealkylation sites (tertiary alicyclic amines) is 1. The predicted molar refractivity (Wildman–Crippen MR) is 87.8 cm³/mol. The Morgan fingerprint density at radius 3 is 2.91 bits per heavy atom. The Labute approximate surface area is 132 Å². The van der Waals surface area contributed by atoms with E-state index in [2.05, 4.69) is 27.4 Å². The molecule has 2 rings (SSSR count). The van der Waals surface area contributed by atoms with Crippen molar-refractivity contribution in [1.82, 2.24) is 15.5 Å². The van der Waals surface area contributed by atoms with E-state index in [9.17, 15) is 5.11 Å². The van der Waals surface area contributed by atoms with Crippen molar-refractivity contribution < 1.29 is 9.52 Å². The van der Waals surface area contributed by atoms with Gasteiger partial charge in [-0.05, 0) is 44.9 Å². The SMILES string of the molecule is CCNC(=NCc1ccco1)NCCCN1CCC(O)CC1. The lowest BCUT2D eigenvalue weighted by molar-refractivity contribution is 0.0823. The lowest BCUT2D eigenvalue weighted by atomic mass is 10.1. The maximum Gasteiger partial charge on any atom is 0.191 e. The van der Waals surface area contributed by atoms with E-state index in [1.165, 1.54) is 0 Å². The molecule has 1 aromatic rings. The Morgan fingerprint density at radius 2 is 2.23 bits per heavy atom. The number of hydrogen-bond acceptors (Lipinski definition) is 4. The summed E-state index contributed by atoms with van der Waals surface area (Å²) in [5, 5.41) is 16.1. The van der Waals surface area contributed by atoms with E-state index in [0.29, 0.717) is 6.54 Å². The largest absolute Gasteiger partial charge is 0.467 e. The first-order valence-electron chi connectivity index (χ1n) is 8.23. The summed E-state index contributed by atoms with van der Waals surface area (Å²) < 4.78 is 5.29. The zero-order valence-electron chi connectivity index (χ0n) is 13.4. The maximum absolute atomic E-state index is 9.50. The minimum Gasteiger partial charge on any atom is -0.467 e. The zero-order chi connectivity index (χ0) is 15.6. The Bertz CT molecular complexity index is 425. The van der Waals surface area contributed by atoms with Gasteiger partial charge in [0, 0.05) is 26.2 Å². The smallest absolute Gasteiger partial charge is 0.191 e. The van der Waals surface area contributed by atoms with Crippen LogP contribution in [0.5, 0.6) is 0 Å². The fourth-order valence-electron chi connectivity index (χ4n) is 2.55. The molecule has 0 saturated carbocycles. The molecular formula is C16H28N4O2. The van der Waals surface area contributed by atoms with Crippen LogP contribution in [-0.4, -0.2) is 54.8 Å². The monoisotopic (exact) mass is 308 g/mol. The summed E-state index contributed by atoms with van der Waals surface area (Å²) in [6.45, 7) is 7.42. The molecule has 0 aliphatic carbocycles. The zero-order valence-corrected chi connectivity index (χ0v) is 13.4. The number of nitrogens with zero attached hydrogens (tertiary/aromatic N) is 2. The summed E-state index contributed by atoms with van der Waals surface area (Å²) in [6.07, 6.45) is 4.45. The molecule has 1 saturated heterocycles. The molecule has 1 aliphatic heterocycles. The summed E-state index contributed by atoms with van der Waals surface area (Å²) in [7, 11) is 0. The lowest BCUT2D eigenvalue weighted by Crippen LogP contribution is -2.40. The Morgan fingerprint density at radius 1 is 1.41 bits per heavy atom. The Balaban J connectivity index is 1.64. The van der Waals surface area contributed by atoms with E-state index in [1.54, 1.807) is 6.26 Å². The molecule has 0 aromatic carbocycles. The van der Waals surface area contributed by atoms with Crippen molar-refractivity contribution in [3.8, 4) is 0 Å². The van der Waals surface area contributed by atoms with E-state index in [4.69, 9.17) is 4.42 Å². The second-order valence-corrected chi connectivity index (χ2v) is 5.63. The molecule has 6 heteroatoms. The van der Waals surface area contributed by atoms with Gasteiger partial charge in [0.05, 0.1) is 12.4 Å². The van der Waals surface area contributed by atoms with Gasteiger partial charge in [-0.25, -0.2) is 4.99 Å². The number of aliphatic hydroxyl groups excluding tert-OH is 1. The van der Waals surface area contributed by atoms with Crippen LogP contribution in [0.15, 0.2) is 27.8 Å². The summed E-state index contributed by atoms with van der Waals surface area (Å²) in [5.74, 6) is 1.69. The number of rotatable bonds is 7. The van der Waals surface area contributed by atoms with Crippen LogP contribution in [0.25, 0.3) is 0 Å². The molecule has 0 bridgehead atoms. The van der Waals surface area contributed by atoms with Crippen molar-refractivity contribution in [2.75, 3.05) is 32.7 Å². The number of aliphatic imine (C=N–C) groups is 1. The van der Waals surface area contributed by atoms with Gasteiger partial charge in [-0.2, -0.15) is 0 Å². The van der Waals surface area contributed by atoms with Gasteiger partial charge in [0.1, 0.15) is 12.3 Å². The minimum atomic E-state index is -0.0940. The number of aliphatic hydroxyl groups is 1. The first-order chi connectivity index (χ1) is 10.8. The van der Waals surface area contributed by atoms with Crippen LogP contribution >= 0.6 is 0 Å². The van der Waals surface area contributed by atoms with Crippen molar-refractivity contribution in [3.05, 3.63) is 24.2 Å². The highest BCUT2D eigenvalue weighted by atomic mass is 16.3. The van der Waals surface area contributed by atoms with Gasteiger partial charge in [-0.3, -0.25) is 0 Å². The first kappa shape index (κ1) is 16.8. The highest BCUT2D eigenvalue weighted by molar-refractivity contribution is 5.79. The Kier molecular flexibility index (Phi) is 7.25. The van der Waals surface area contributed by atoms with Crippen LogP contribution in [0.1, 0.15) is 31.9 Å². The van der Waals surface area contributed by atoms with E-state index in [1.807, 2.05) is 12.1 Å². The third kappa shape index (κ3) is 6.07. The van der Waals surface area contributed by atoms with E-state index in [-0.39, 0.29) is 6.10 Å². The van der Waals surface area contributed by atoms with Gasteiger partial charge in [-0.15, -0.1) is 0 Å². The number of piperidine rings is 1. The average molecular weight is 308 g/mol. The second-order valence-electron chi connectivity index (χ2n) is 5.63. The third-order valence-corrected chi connectivity index (χ3v) is 3.82. The lowest BCUT2D eigenvalue weighted by Gasteiger charge is -2.29. The van der Waals surface area contributed by atoms with Crippen molar-refractivity contribution in [2.45, 2.75) is 38.8 Å². The number of guanidine groups is 1. The summed E-state index contributed by atoms with van der Waals surface area (Å²) in [6, 6.07) is 3.80. The van der Waals surface area contributed by atoms with Crippen molar-refractivity contribution in [1.29, 1.82) is 0 Å². The molecule has 1 aromatic heterocycles. The van der Waals surface area contributed by atoms with Crippen LogP contribution < -0.4 is 10.6 Å². The summed E-state index contributed by atoms with van der Waals surface area (Å²) in [4.78, 5) is 6.92. The van der Waals surface area contributed by atoms with Gasteiger partial charge in [0.2, 0.25) is 0 Å². The molecule has 0 atom stereocenters. The van der Waals surface area contributed by atoms with E-state index >= 15 is 0 Å². The minimum absolute atomic E-state index is 0.0940. The Hall–Kier alpha value is -1.53. The molecule has 124 valence electrons.